The van der Waals surface area contributed by atoms with E-state index in [1.807, 2.05) is 0 Å². The van der Waals surface area contributed by atoms with Crippen molar-refractivity contribution in [2.45, 2.75) is 56.5 Å². The third kappa shape index (κ3) is 5.21. The second kappa shape index (κ2) is 6.23. The summed E-state index contributed by atoms with van der Waals surface area (Å²) in [5.74, 6) is 2.24. The van der Waals surface area contributed by atoms with Crippen molar-refractivity contribution in [3.8, 4) is 0 Å². The Morgan fingerprint density at radius 3 is 2.69 bits per heavy atom. The fourth-order valence-electron chi connectivity index (χ4n) is 1.67. The molecular formula is C11H22S2. The number of hydrogen-bond donors (Lipinski definition) is 1. The number of thioether (sulfide) groups is 1. The van der Waals surface area contributed by atoms with Gasteiger partial charge in [0, 0.05) is 16.3 Å². The van der Waals surface area contributed by atoms with Crippen LogP contribution in [0.3, 0.4) is 0 Å². The predicted octanol–water partition coefficient (Wildman–Crippen LogP) is 4.01. The lowest BCUT2D eigenvalue weighted by atomic mass is 9.98. The minimum absolute atomic E-state index is 0.621. The van der Waals surface area contributed by atoms with E-state index in [4.69, 9.17) is 0 Å². The Kier molecular flexibility index (Phi) is 5.65. The molecule has 1 aliphatic rings. The monoisotopic (exact) mass is 218 g/mol. The summed E-state index contributed by atoms with van der Waals surface area (Å²) in [5.41, 5.74) is 0. The first-order chi connectivity index (χ1) is 6.24. The average Bonchev–Trinajstić information content (AvgIpc) is 2.94. The van der Waals surface area contributed by atoms with E-state index < -0.39 is 0 Å². The Morgan fingerprint density at radius 2 is 2.15 bits per heavy atom. The van der Waals surface area contributed by atoms with Crippen molar-refractivity contribution in [3.63, 3.8) is 0 Å². The van der Waals surface area contributed by atoms with Crippen LogP contribution in [0, 0.1) is 5.92 Å². The summed E-state index contributed by atoms with van der Waals surface area (Å²) in [5, 5.41) is 1.66. The minimum Gasteiger partial charge on any atom is -0.176 e. The second-order valence-corrected chi connectivity index (χ2v) is 6.19. The van der Waals surface area contributed by atoms with Gasteiger partial charge in [-0.05, 0) is 25.2 Å². The van der Waals surface area contributed by atoms with Gasteiger partial charge < -0.3 is 0 Å². The van der Waals surface area contributed by atoms with Gasteiger partial charge in [-0.25, -0.2) is 0 Å². The lowest BCUT2D eigenvalue weighted by Gasteiger charge is -2.16. The Balaban J connectivity index is 1.90. The highest BCUT2D eigenvalue weighted by atomic mass is 32.2. The third-order valence-corrected chi connectivity index (χ3v) is 4.83. The van der Waals surface area contributed by atoms with Crippen LogP contribution in [0.2, 0.25) is 0 Å². The van der Waals surface area contributed by atoms with E-state index in [1.165, 1.54) is 37.9 Å². The molecule has 1 aliphatic heterocycles. The maximum absolute atomic E-state index is 4.58. The molecule has 0 saturated carbocycles. The van der Waals surface area contributed by atoms with Crippen LogP contribution in [0.1, 0.15) is 46.0 Å². The molecule has 0 spiro atoms. The predicted molar refractivity (Wildman–Crippen MR) is 66.9 cm³/mol. The molecule has 0 radical (unpaired) electrons. The average molecular weight is 218 g/mol. The highest BCUT2D eigenvalue weighted by Gasteiger charge is 2.21. The molecule has 3 unspecified atom stereocenters. The first-order valence-corrected chi connectivity index (χ1v) is 7.10. The van der Waals surface area contributed by atoms with Crippen LogP contribution in [0.4, 0.5) is 0 Å². The van der Waals surface area contributed by atoms with Crippen molar-refractivity contribution in [2.75, 3.05) is 5.75 Å². The Hall–Kier alpha value is 0.700. The smallest absolute Gasteiger partial charge is 0.0138 e. The second-order valence-electron chi connectivity index (χ2n) is 4.19. The van der Waals surface area contributed by atoms with E-state index in [2.05, 4.69) is 38.2 Å². The fraction of sp³-hybridized carbons (Fsp3) is 1.00. The molecule has 0 nitrogen and oxygen atoms in total. The zero-order valence-electron chi connectivity index (χ0n) is 8.83. The lowest BCUT2D eigenvalue weighted by molar-refractivity contribution is 0.470. The highest BCUT2D eigenvalue weighted by Crippen LogP contribution is 2.34. The molecule has 78 valence electrons. The van der Waals surface area contributed by atoms with Gasteiger partial charge in [-0.1, -0.05) is 26.7 Å². The molecule has 3 atom stereocenters. The lowest BCUT2D eigenvalue weighted by Crippen LogP contribution is -2.10. The molecule has 1 heterocycles. The first-order valence-electron chi connectivity index (χ1n) is 5.53. The summed E-state index contributed by atoms with van der Waals surface area (Å²) in [6.07, 6.45) is 6.89. The standard InChI is InChI=1S/C11H22S2/c1-3-11(12)9(2)6-4-5-7-10-8-13-10/h9-12H,3-8H2,1-2H3. The van der Waals surface area contributed by atoms with Gasteiger partial charge in [-0.2, -0.15) is 24.4 Å². The molecule has 0 bridgehead atoms. The van der Waals surface area contributed by atoms with Crippen LogP contribution < -0.4 is 0 Å². The van der Waals surface area contributed by atoms with Gasteiger partial charge in [0.25, 0.3) is 0 Å². The molecule has 0 aliphatic carbocycles. The van der Waals surface area contributed by atoms with Gasteiger partial charge in [-0.15, -0.1) is 0 Å². The van der Waals surface area contributed by atoms with E-state index in [0.29, 0.717) is 5.25 Å². The van der Waals surface area contributed by atoms with Gasteiger partial charge in [0.05, 0.1) is 0 Å². The quantitative estimate of drug-likeness (QED) is 0.383. The molecule has 0 aromatic carbocycles. The van der Waals surface area contributed by atoms with Crippen molar-refractivity contribution in [3.05, 3.63) is 0 Å². The number of thiol groups is 1. The summed E-state index contributed by atoms with van der Waals surface area (Å²) in [6.45, 7) is 4.57. The summed E-state index contributed by atoms with van der Waals surface area (Å²) >= 11 is 6.70. The largest absolute Gasteiger partial charge is 0.176 e. The van der Waals surface area contributed by atoms with E-state index in [-0.39, 0.29) is 0 Å². The molecule has 0 amide bonds. The van der Waals surface area contributed by atoms with Crippen molar-refractivity contribution in [1.82, 2.24) is 0 Å². The van der Waals surface area contributed by atoms with E-state index >= 15 is 0 Å². The van der Waals surface area contributed by atoms with E-state index in [1.54, 1.807) is 0 Å². The molecular weight excluding hydrogens is 196 g/mol. The molecule has 1 saturated heterocycles. The molecule has 1 fully saturated rings. The van der Waals surface area contributed by atoms with Crippen molar-refractivity contribution >= 4 is 24.4 Å². The van der Waals surface area contributed by atoms with Gasteiger partial charge >= 0.3 is 0 Å². The number of rotatable bonds is 7. The maximum Gasteiger partial charge on any atom is 0.0138 e. The SMILES string of the molecule is CCC(S)C(C)CCCCC1CS1. The Labute approximate surface area is 92.7 Å². The maximum atomic E-state index is 4.58. The molecule has 0 aromatic heterocycles. The molecule has 0 aromatic rings. The van der Waals surface area contributed by atoms with Crippen LogP contribution >= 0.6 is 24.4 Å². The summed E-state index contributed by atoms with van der Waals surface area (Å²) < 4.78 is 0. The van der Waals surface area contributed by atoms with Crippen LogP contribution in [-0.2, 0) is 0 Å². The molecule has 0 N–H and O–H groups in total. The van der Waals surface area contributed by atoms with Gasteiger partial charge in [0.1, 0.15) is 0 Å². The van der Waals surface area contributed by atoms with Crippen molar-refractivity contribution in [2.24, 2.45) is 5.92 Å². The Morgan fingerprint density at radius 1 is 1.46 bits per heavy atom. The van der Waals surface area contributed by atoms with E-state index in [9.17, 15) is 0 Å². The normalized spacial score (nSPS) is 25.6. The highest BCUT2D eigenvalue weighted by molar-refractivity contribution is 8.06. The van der Waals surface area contributed by atoms with Crippen LogP contribution in [-0.4, -0.2) is 16.3 Å². The molecule has 1 rings (SSSR count). The molecule has 13 heavy (non-hydrogen) atoms. The first kappa shape index (κ1) is 11.8. The molecule has 2 heteroatoms. The number of unbranched alkanes of at least 4 members (excludes halogenated alkanes) is 1. The fourth-order valence-corrected chi connectivity index (χ4v) is 2.45. The third-order valence-electron chi connectivity index (χ3n) is 2.91. The van der Waals surface area contributed by atoms with E-state index in [0.717, 1.165) is 11.2 Å². The van der Waals surface area contributed by atoms with Crippen LogP contribution in [0.25, 0.3) is 0 Å². The zero-order valence-corrected chi connectivity index (χ0v) is 10.5. The van der Waals surface area contributed by atoms with Gasteiger partial charge in [0.15, 0.2) is 0 Å². The minimum atomic E-state index is 0.621. The van der Waals surface area contributed by atoms with Crippen LogP contribution in [0.5, 0.6) is 0 Å². The summed E-state index contributed by atoms with van der Waals surface area (Å²) in [6, 6.07) is 0. The summed E-state index contributed by atoms with van der Waals surface area (Å²) in [7, 11) is 0. The zero-order chi connectivity index (χ0) is 9.68. The Bertz CT molecular complexity index is 132. The van der Waals surface area contributed by atoms with Crippen molar-refractivity contribution in [1.29, 1.82) is 0 Å². The summed E-state index contributed by atoms with van der Waals surface area (Å²) in [4.78, 5) is 0. The van der Waals surface area contributed by atoms with Crippen LogP contribution in [0.15, 0.2) is 0 Å². The number of hydrogen-bond acceptors (Lipinski definition) is 2. The van der Waals surface area contributed by atoms with Gasteiger partial charge in [-0.3, -0.25) is 0 Å². The van der Waals surface area contributed by atoms with Crippen molar-refractivity contribution < 1.29 is 0 Å². The van der Waals surface area contributed by atoms with Gasteiger partial charge in [0.2, 0.25) is 0 Å². The topological polar surface area (TPSA) is 0 Å².